The number of hydrogen-bond donors (Lipinski definition) is 1. The van der Waals surface area contributed by atoms with E-state index in [2.05, 4.69) is 18.1 Å². The van der Waals surface area contributed by atoms with Crippen LogP contribution in [0.5, 0.6) is 5.75 Å². The molecule has 0 saturated carbocycles. The maximum atomic E-state index is 6.27. The first-order chi connectivity index (χ1) is 10.1. The molecule has 0 aliphatic carbocycles. The summed E-state index contributed by atoms with van der Waals surface area (Å²) in [6.07, 6.45) is 4.00. The molecule has 0 radical (unpaired) electrons. The van der Waals surface area contributed by atoms with Gasteiger partial charge in [-0.05, 0) is 32.4 Å². The van der Waals surface area contributed by atoms with Gasteiger partial charge in [0.05, 0.1) is 23.2 Å². The van der Waals surface area contributed by atoms with Gasteiger partial charge in [0.2, 0.25) is 0 Å². The molecule has 2 N–H and O–H groups in total. The van der Waals surface area contributed by atoms with Crippen molar-refractivity contribution in [2.24, 2.45) is 5.73 Å². The number of aromatic nitrogens is 2. The highest BCUT2D eigenvalue weighted by Gasteiger charge is 2.16. The topological polar surface area (TPSA) is 53.1 Å². The lowest BCUT2D eigenvalue weighted by Crippen LogP contribution is -2.16. The van der Waals surface area contributed by atoms with E-state index < -0.39 is 0 Å². The van der Waals surface area contributed by atoms with E-state index in [1.54, 1.807) is 0 Å². The van der Waals surface area contributed by atoms with Crippen molar-refractivity contribution in [3.63, 3.8) is 0 Å². The summed E-state index contributed by atoms with van der Waals surface area (Å²) in [4.78, 5) is 4.73. The Morgan fingerprint density at radius 2 is 2.19 bits per heavy atom. The van der Waals surface area contributed by atoms with Crippen molar-refractivity contribution in [2.75, 3.05) is 0 Å². The van der Waals surface area contributed by atoms with Gasteiger partial charge in [-0.1, -0.05) is 19.4 Å². The number of nitrogens with two attached hydrogens (primary N) is 1. The van der Waals surface area contributed by atoms with E-state index in [1.807, 2.05) is 38.1 Å². The van der Waals surface area contributed by atoms with Crippen molar-refractivity contribution in [1.82, 2.24) is 9.55 Å². The SMILES string of the molecule is C=CCn1c(C(N)CCC)nc2cc(OC(C)C)ccc21. The second-order valence-electron chi connectivity index (χ2n) is 5.58. The van der Waals surface area contributed by atoms with Gasteiger partial charge in [0.15, 0.2) is 0 Å². The summed E-state index contributed by atoms with van der Waals surface area (Å²) in [6.45, 7) is 10.7. The maximum absolute atomic E-state index is 6.27. The minimum absolute atomic E-state index is 0.0446. The van der Waals surface area contributed by atoms with Crippen LogP contribution in [0.1, 0.15) is 45.5 Å². The molecule has 1 aromatic heterocycles. The second-order valence-corrected chi connectivity index (χ2v) is 5.58. The Balaban J connectivity index is 2.47. The van der Waals surface area contributed by atoms with Crippen LogP contribution < -0.4 is 10.5 Å². The summed E-state index contributed by atoms with van der Waals surface area (Å²) < 4.78 is 7.88. The number of ether oxygens (including phenoxy) is 1. The van der Waals surface area contributed by atoms with Gasteiger partial charge in [0.25, 0.3) is 0 Å². The van der Waals surface area contributed by atoms with Crippen LogP contribution >= 0.6 is 0 Å². The summed E-state index contributed by atoms with van der Waals surface area (Å²) in [7, 11) is 0. The second kappa shape index (κ2) is 6.76. The van der Waals surface area contributed by atoms with Crippen LogP contribution in [0.3, 0.4) is 0 Å². The number of rotatable bonds is 7. The molecule has 1 heterocycles. The number of allylic oxidation sites excluding steroid dienone is 1. The molecule has 1 aromatic carbocycles. The van der Waals surface area contributed by atoms with Crippen molar-refractivity contribution < 1.29 is 4.74 Å². The molecule has 21 heavy (non-hydrogen) atoms. The van der Waals surface area contributed by atoms with Gasteiger partial charge in [0.1, 0.15) is 11.6 Å². The van der Waals surface area contributed by atoms with Crippen molar-refractivity contribution in [2.45, 2.75) is 52.3 Å². The van der Waals surface area contributed by atoms with E-state index in [0.717, 1.165) is 35.4 Å². The third-order valence-electron chi connectivity index (χ3n) is 3.36. The third-order valence-corrected chi connectivity index (χ3v) is 3.36. The molecule has 0 saturated heterocycles. The number of hydrogen-bond acceptors (Lipinski definition) is 3. The number of fused-ring (bicyclic) bond motifs is 1. The predicted molar refractivity (Wildman–Crippen MR) is 87.5 cm³/mol. The highest BCUT2D eigenvalue weighted by atomic mass is 16.5. The largest absolute Gasteiger partial charge is 0.491 e. The molecule has 0 fully saturated rings. The van der Waals surface area contributed by atoms with Gasteiger partial charge in [-0.2, -0.15) is 0 Å². The molecule has 2 rings (SSSR count). The van der Waals surface area contributed by atoms with Gasteiger partial charge in [-0.15, -0.1) is 6.58 Å². The zero-order chi connectivity index (χ0) is 15.4. The van der Waals surface area contributed by atoms with Gasteiger partial charge in [-0.25, -0.2) is 4.98 Å². The minimum atomic E-state index is -0.0446. The molecule has 1 atom stereocenters. The molecule has 0 aliphatic rings. The third kappa shape index (κ3) is 3.45. The summed E-state index contributed by atoms with van der Waals surface area (Å²) in [5.74, 6) is 1.77. The lowest BCUT2D eigenvalue weighted by Gasteiger charge is -2.12. The van der Waals surface area contributed by atoms with Crippen LogP contribution in [-0.4, -0.2) is 15.7 Å². The summed E-state index contributed by atoms with van der Waals surface area (Å²) in [5, 5.41) is 0. The van der Waals surface area contributed by atoms with Crippen LogP contribution in [0.25, 0.3) is 11.0 Å². The van der Waals surface area contributed by atoms with Gasteiger partial charge in [-0.3, -0.25) is 0 Å². The molecule has 1 unspecified atom stereocenters. The molecule has 0 aliphatic heterocycles. The van der Waals surface area contributed by atoms with E-state index in [9.17, 15) is 0 Å². The van der Waals surface area contributed by atoms with E-state index in [-0.39, 0.29) is 12.1 Å². The molecule has 4 nitrogen and oxygen atoms in total. The number of benzene rings is 1. The molecule has 0 spiro atoms. The zero-order valence-electron chi connectivity index (χ0n) is 13.2. The van der Waals surface area contributed by atoms with Crippen molar-refractivity contribution in [3.8, 4) is 5.75 Å². The van der Waals surface area contributed by atoms with Crippen LogP contribution in [0, 0.1) is 0 Å². The minimum Gasteiger partial charge on any atom is -0.491 e. The van der Waals surface area contributed by atoms with Crippen LogP contribution in [-0.2, 0) is 6.54 Å². The van der Waals surface area contributed by atoms with Crippen molar-refractivity contribution in [1.29, 1.82) is 0 Å². The summed E-state index contributed by atoms with van der Waals surface area (Å²) >= 11 is 0. The average Bonchev–Trinajstić information content (AvgIpc) is 2.77. The maximum Gasteiger partial charge on any atom is 0.127 e. The number of nitrogens with zero attached hydrogens (tertiary/aromatic N) is 2. The Hall–Kier alpha value is -1.81. The molecule has 4 heteroatoms. The lowest BCUT2D eigenvalue weighted by molar-refractivity contribution is 0.242. The van der Waals surface area contributed by atoms with E-state index in [0.29, 0.717) is 6.54 Å². The fraction of sp³-hybridized carbons (Fsp3) is 0.471. The first-order valence-corrected chi connectivity index (χ1v) is 7.60. The predicted octanol–water partition coefficient (Wildman–Crippen LogP) is 3.81. The van der Waals surface area contributed by atoms with Crippen molar-refractivity contribution >= 4 is 11.0 Å². The average molecular weight is 287 g/mol. The van der Waals surface area contributed by atoms with Gasteiger partial charge < -0.3 is 15.0 Å². The number of imidazole rings is 1. The molecule has 2 aromatic rings. The van der Waals surface area contributed by atoms with Gasteiger partial charge >= 0.3 is 0 Å². The Bertz CT molecular complexity index is 616. The highest BCUT2D eigenvalue weighted by molar-refractivity contribution is 5.78. The fourth-order valence-corrected chi connectivity index (χ4v) is 2.52. The molecule has 114 valence electrons. The van der Waals surface area contributed by atoms with Crippen molar-refractivity contribution in [3.05, 3.63) is 36.7 Å². The molecule has 0 bridgehead atoms. The lowest BCUT2D eigenvalue weighted by atomic mass is 10.1. The zero-order valence-corrected chi connectivity index (χ0v) is 13.2. The van der Waals surface area contributed by atoms with Gasteiger partial charge in [0, 0.05) is 12.6 Å². The van der Waals surface area contributed by atoms with Crippen LogP contribution in [0.15, 0.2) is 30.9 Å². The standard InChI is InChI=1S/C17H25N3O/c1-5-7-14(18)17-19-15-11-13(21-12(3)4)8-9-16(15)20(17)10-6-2/h6,8-9,11-12,14H,2,5,7,10,18H2,1,3-4H3. The van der Waals surface area contributed by atoms with E-state index >= 15 is 0 Å². The van der Waals surface area contributed by atoms with Crippen LogP contribution in [0.2, 0.25) is 0 Å². The first-order valence-electron chi connectivity index (χ1n) is 7.60. The molecule has 0 amide bonds. The van der Waals surface area contributed by atoms with E-state index in [4.69, 9.17) is 15.5 Å². The van der Waals surface area contributed by atoms with E-state index in [1.165, 1.54) is 0 Å². The summed E-state index contributed by atoms with van der Waals surface area (Å²) in [6, 6.07) is 5.97. The van der Waals surface area contributed by atoms with Crippen LogP contribution in [0.4, 0.5) is 0 Å². The Morgan fingerprint density at radius 1 is 1.43 bits per heavy atom. The smallest absolute Gasteiger partial charge is 0.127 e. The Labute approximate surface area is 126 Å². The first kappa shape index (κ1) is 15.6. The monoisotopic (exact) mass is 287 g/mol. The fourth-order valence-electron chi connectivity index (χ4n) is 2.52. The quantitative estimate of drug-likeness (QED) is 0.788. The summed E-state index contributed by atoms with van der Waals surface area (Å²) in [5.41, 5.74) is 8.27. The normalized spacial score (nSPS) is 12.8. The molecular formula is C17H25N3O. The Morgan fingerprint density at radius 3 is 2.81 bits per heavy atom. The Kier molecular flexibility index (Phi) is 5.02. The highest BCUT2D eigenvalue weighted by Crippen LogP contribution is 2.26. The molecular weight excluding hydrogens is 262 g/mol.